The summed E-state index contributed by atoms with van der Waals surface area (Å²) < 4.78 is 11.4. The monoisotopic (exact) mass is 320 g/mol. The Morgan fingerprint density at radius 2 is 2.32 bits per heavy atom. The van der Waals surface area contributed by atoms with E-state index in [1.807, 2.05) is 12.4 Å². The molecule has 2 aliphatic heterocycles. The van der Waals surface area contributed by atoms with Crippen molar-refractivity contribution in [3.05, 3.63) is 27.8 Å². The molecule has 0 radical (unpaired) electrons. The lowest BCUT2D eigenvalue weighted by atomic mass is 9.90. The van der Waals surface area contributed by atoms with Gasteiger partial charge in [-0.05, 0) is 26.7 Å². The van der Waals surface area contributed by atoms with Crippen LogP contribution in [-0.2, 0) is 11.3 Å². The molecule has 118 valence electrons. The van der Waals surface area contributed by atoms with Crippen molar-refractivity contribution in [2.75, 3.05) is 13.2 Å². The van der Waals surface area contributed by atoms with Crippen molar-refractivity contribution in [2.24, 2.45) is 0 Å². The number of piperidine rings is 1. The fraction of sp³-hybridized carbons (Fsp3) is 0.667. The summed E-state index contributed by atoms with van der Waals surface area (Å²) in [7, 11) is 0. The predicted octanol–water partition coefficient (Wildman–Crippen LogP) is 2.29. The Morgan fingerprint density at radius 3 is 3.05 bits per heavy atom. The highest BCUT2D eigenvalue weighted by Gasteiger charge is 2.42. The van der Waals surface area contributed by atoms with Gasteiger partial charge in [0.2, 0.25) is 5.89 Å². The number of thiazole rings is 1. The lowest BCUT2D eigenvalue weighted by molar-refractivity contribution is 0.00878. The van der Waals surface area contributed by atoms with E-state index < -0.39 is 0 Å². The second kappa shape index (κ2) is 5.72. The number of hydrogen-bond donors (Lipinski definition) is 0. The first-order valence-electron chi connectivity index (χ1n) is 7.75. The number of fused-ring (bicyclic) bond motifs is 1. The van der Waals surface area contributed by atoms with Crippen molar-refractivity contribution in [3.63, 3.8) is 0 Å². The minimum Gasteiger partial charge on any atom is -0.377 e. The van der Waals surface area contributed by atoms with Crippen LogP contribution < -0.4 is 0 Å². The first kappa shape index (κ1) is 14.3. The molecule has 7 heteroatoms. The van der Waals surface area contributed by atoms with Gasteiger partial charge >= 0.3 is 0 Å². The van der Waals surface area contributed by atoms with E-state index in [0.717, 1.165) is 44.1 Å². The van der Waals surface area contributed by atoms with Crippen molar-refractivity contribution < 1.29 is 9.26 Å². The van der Waals surface area contributed by atoms with Crippen molar-refractivity contribution in [2.45, 2.75) is 51.3 Å². The van der Waals surface area contributed by atoms with Crippen LogP contribution in [0.2, 0.25) is 0 Å². The van der Waals surface area contributed by atoms with E-state index in [1.54, 1.807) is 11.3 Å². The number of likely N-dealkylation sites (tertiary alicyclic amines) is 1. The molecule has 4 rings (SSSR count). The fourth-order valence-corrected chi connectivity index (χ4v) is 4.36. The zero-order valence-electron chi connectivity index (χ0n) is 12.9. The third-order valence-electron chi connectivity index (χ3n) is 4.70. The van der Waals surface area contributed by atoms with Gasteiger partial charge in [0.1, 0.15) is 0 Å². The normalized spacial score (nSPS) is 28.9. The van der Waals surface area contributed by atoms with E-state index in [4.69, 9.17) is 9.26 Å². The number of aromatic nitrogens is 3. The Bertz CT molecular complexity index is 656. The summed E-state index contributed by atoms with van der Waals surface area (Å²) in [5.41, 5.74) is 3.06. The van der Waals surface area contributed by atoms with E-state index >= 15 is 0 Å². The van der Waals surface area contributed by atoms with Crippen molar-refractivity contribution in [1.29, 1.82) is 0 Å². The second-order valence-corrected chi connectivity index (χ2v) is 7.11. The molecule has 0 amide bonds. The lowest BCUT2D eigenvalue weighted by Crippen LogP contribution is -2.48. The molecule has 0 saturated carbocycles. The van der Waals surface area contributed by atoms with Gasteiger partial charge in [0, 0.05) is 30.6 Å². The van der Waals surface area contributed by atoms with Gasteiger partial charge < -0.3 is 9.26 Å². The Balaban J connectivity index is 1.57. The number of nitrogens with zero attached hydrogens (tertiary/aromatic N) is 4. The van der Waals surface area contributed by atoms with Gasteiger partial charge in [-0.2, -0.15) is 4.98 Å². The van der Waals surface area contributed by atoms with Gasteiger partial charge in [0.05, 0.1) is 23.2 Å². The molecular weight excluding hydrogens is 300 g/mol. The van der Waals surface area contributed by atoms with Crippen LogP contribution >= 0.6 is 11.3 Å². The molecule has 0 bridgehead atoms. The molecule has 2 saturated heterocycles. The van der Waals surface area contributed by atoms with Crippen LogP contribution in [0.5, 0.6) is 0 Å². The molecule has 0 N–H and O–H groups in total. The van der Waals surface area contributed by atoms with Crippen LogP contribution in [0.1, 0.15) is 41.0 Å². The van der Waals surface area contributed by atoms with Crippen LogP contribution in [0.15, 0.2) is 10.0 Å². The van der Waals surface area contributed by atoms with Crippen LogP contribution in [0.4, 0.5) is 0 Å². The van der Waals surface area contributed by atoms with Gasteiger partial charge in [0.15, 0.2) is 5.82 Å². The molecule has 2 aromatic rings. The molecule has 0 unspecified atom stereocenters. The molecule has 0 aromatic carbocycles. The molecule has 2 fully saturated rings. The highest BCUT2D eigenvalue weighted by Crippen LogP contribution is 2.36. The Morgan fingerprint density at radius 1 is 1.41 bits per heavy atom. The highest BCUT2D eigenvalue weighted by atomic mass is 32.1. The summed E-state index contributed by atoms with van der Waals surface area (Å²) in [4.78, 5) is 12.7. The van der Waals surface area contributed by atoms with Gasteiger partial charge in [-0.1, -0.05) is 5.16 Å². The highest BCUT2D eigenvalue weighted by molar-refractivity contribution is 7.09. The zero-order valence-corrected chi connectivity index (χ0v) is 13.7. The zero-order chi connectivity index (χ0) is 15.1. The molecule has 3 atom stereocenters. The molecule has 2 aliphatic rings. The van der Waals surface area contributed by atoms with E-state index in [2.05, 4.69) is 26.9 Å². The number of hydrogen-bond acceptors (Lipinski definition) is 7. The molecule has 2 aromatic heterocycles. The molecule has 4 heterocycles. The Kier molecular flexibility index (Phi) is 3.71. The maximum atomic E-state index is 5.95. The van der Waals surface area contributed by atoms with E-state index in [1.165, 1.54) is 4.88 Å². The number of aryl methyl sites for hydroxylation is 2. The number of rotatable bonds is 3. The third kappa shape index (κ3) is 2.57. The summed E-state index contributed by atoms with van der Waals surface area (Å²) in [6, 6.07) is 0.502. The van der Waals surface area contributed by atoms with Crippen LogP contribution in [0.25, 0.3) is 0 Å². The lowest BCUT2D eigenvalue weighted by Gasteiger charge is -2.39. The van der Waals surface area contributed by atoms with Gasteiger partial charge in [-0.25, -0.2) is 4.98 Å². The number of ether oxygens (including phenoxy) is 1. The van der Waals surface area contributed by atoms with Gasteiger partial charge in [-0.3, -0.25) is 4.90 Å². The average Bonchev–Trinajstić information content (AvgIpc) is 3.21. The van der Waals surface area contributed by atoms with E-state index in [0.29, 0.717) is 11.9 Å². The summed E-state index contributed by atoms with van der Waals surface area (Å²) >= 11 is 1.73. The maximum Gasteiger partial charge on any atom is 0.231 e. The first-order chi connectivity index (χ1) is 10.7. The van der Waals surface area contributed by atoms with Gasteiger partial charge in [-0.15, -0.1) is 11.3 Å². The molecule has 22 heavy (non-hydrogen) atoms. The van der Waals surface area contributed by atoms with Crippen molar-refractivity contribution >= 4 is 11.3 Å². The molecule has 6 nitrogen and oxygen atoms in total. The van der Waals surface area contributed by atoms with Crippen LogP contribution in [0.3, 0.4) is 0 Å². The van der Waals surface area contributed by atoms with E-state index in [9.17, 15) is 0 Å². The summed E-state index contributed by atoms with van der Waals surface area (Å²) in [5.74, 6) is 1.71. The largest absolute Gasteiger partial charge is 0.377 e. The minimum atomic E-state index is 0.258. The minimum absolute atomic E-state index is 0.258. The van der Waals surface area contributed by atoms with Crippen LogP contribution in [-0.4, -0.2) is 45.3 Å². The standard InChI is InChI=1S/C15H20N4O2S/c1-9-14(22-8-16-9)7-19-6-11(15-17-10(2)18-21-15)5-13-12(19)3-4-20-13/h8,11-13H,3-7H2,1-2H3/t11-,12+,13+/m0/s1. The summed E-state index contributed by atoms with van der Waals surface area (Å²) in [6.45, 7) is 6.68. The molecule has 0 spiro atoms. The smallest absolute Gasteiger partial charge is 0.231 e. The SMILES string of the molecule is Cc1noc([C@H]2C[C@H]3OCC[C@H]3N(Cc3scnc3C)C2)n1. The molecular formula is C15H20N4O2S. The quantitative estimate of drug-likeness (QED) is 0.864. The topological polar surface area (TPSA) is 64.3 Å². The van der Waals surface area contributed by atoms with Crippen molar-refractivity contribution in [3.8, 4) is 0 Å². The molecule has 0 aliphatic carbocycles. The van der Waals surface area contributed by atoms with Crippen molar-refractivity contribution in [1.82, 2.24) is 20.0 Å². The second-order valence-electron chi connectivity index (χ2n) is 6.17. The fourth-order valence-electron chi connectivity index (χ4n) is 3.56. The third-order valence-corrected chi connectivity index (χ3v) is 5.62. The van der Waals surface area contributed by atoms with Crippen LogP contribution in [0, 0.1) is 13.8 Å². The maximum absolute atomic E-state index is 5.95. The van der Waals surface area contributed by atoms with Gasteiger partial charge in [0.25, 0.3) is 0 Å². The Hall–Kier alpha value is -1.31. The van der Waals surface area contributed by atoms with E-state index in [-0.39, 0.29) is 12.0 Å². The summed E-state index contributed by atoms with van der Waals surface area (Å²) in [5, 5.41) is 3.94. The summed E-state index contributed by atoms with van der Waals surface area (Å²) in [6.07, 6.45) is 2.36. The first-order valence-corrected chi connectivity index (χ1v) is 8.63. The average molecular weight is 320 g/mol. The Labute approximate surface area is 133 Å². The predicted molar refractivity (Wildman–Crippen MR) is 81.8 cm³/mol.